The average molecular weight is 418 g/mol. The van der Waals surface area contributed by atoms with Gasteiger partial charge in [0.1, 0.15) is 17.4 Å². The number of ketones is 1. The van der Waals surface area contributed by atoms with E-state index in [0.717, 1.165) is 22.3 Å². The summed E-state index contributed by atoms with van der Waals surface area (Å²) in [7, 11) is 0. The Balaban J connectivity index is 1.54. The van der Waals surface area contributed by atoms with Gasteiger partial charge >= 0.3 is 0 Å². The van der Waals surface area contributed by atoms with Gasteiger partial charge in [0.05, 0.1) is 5.92 Å². The molecule has 1 aliphatic heterocycles. The van der Waals surface area contributed by atoms with Crippen LogP contribution in [0, 0.1) is 11.3 Å². The molecule has 0 unspecified atom stereocenters. The van der Waals surface area contributed by atoms with Crippen LogP contribution in [-0.4, -0.2) is 5.78 Å². The summed E-state index contributed by atoms with van der Waals surface area (Å²) in [6.07, 6.45) is 0.979. The highest BCUT2D eigenvalue weighted by molar-refractivity contribution is 6.00. The first-order chi connectivity index (χ1) is 15.7. The second-order valence-corrected chi connectivity index (χ2v) is 8.19. The van der Waals surface area contributed by atoms with E-state index in [2.05, 4.69) is 18.2 Å². The normalized spacial score (nSPS) is 20.4. The van der Waals surface area contributed by atoms with Gasteiger partial charge in [0.2, 0.25) is 5.88 Å². The van der Waals surface area contributed by atoms with E-state index in [9.17, 15) is 10.1 Å². The summed E-state index contributed by atoms with van der Waals surface area (Å²) in [5.41, 5.74) is 11.2. The lowest BCUT2D eigenvalue weighted by molar-refractivity contribution is -0.117. The van der Waals surface area contributed by atoms with Crippen molar-refractivity contribution in [3.8, 4) is 17.2 Å². The third-order valence-corrected chi connectivity index (χ3v) is 6.28. The largest absolute Gasteiger partial charge is 0.444 e. The zero-order chi connectivity index (χ0) is 22.1. The molecule has 5 rings (SSSR count). The number of nitrogens with zero attached hydrogens (tertiary/aromatic N) is 1. The molecule has 0 amide bonds. The fraction of sp³-hybridized carbons (Fsp3) is 0.143. The summed E-state index contributed by atoms with van der Waals surface area (Å²) in [6.45, 7) is 0. The van der Waals surface area contributed by atoms with E-state index in [0.29, 0.717) is 29.7 Å². The van der Waals surface area contributed by atoms with Crippen molar-refractivity contribution in [1.82, 2.24) is 0 Å². The smallest absolute Gasteiger partial charge is 0.205 e. The summed E-state index contributed by atoms with van der Waals surface area (Å²) >= 11 is 0. The zero-order valence-corrected chi connectivity index (χ0v) is 17.5. The van der Waals surface area contributed by atoms with E-state index in [1.807, 2.05) is 72.8 Å². The van der Waals surface area contributed by atoms with Crippen LogP contribution in [0.5, 0.6) is 0 Å². The van der Waals surface area contributed by atoms with Gasteiger partial charge in [-0.2, -0.15) is 5.26 Å². The zero-order valence-electron chi connectivity index (χ0n) is 17.5. The van der Waals surface area contributed by atoms with Crippen molar-refractivity contribution in [2.45, 2.75) is 24.7 Å². The number of allylic oxidation sites excluding steroid dienone is 3. The van der Waals surface area contributed by atoms with Crippen LogP contribution in [0.25, 0.3) is 11.1 Å². The molecule has 0 radical (unpaired) electrons. The highest BCUT2D eigenvalue weighted by Crippen LogP contribution is 2.46. The maximum Gasteiger partial charge on any atom is 0.205 e. The first kappa shape index (κ1) is 19.8. The minimum Gasteiger partial charge on any atom is -0.444 e. The number of benzene rings is 3. The van der Waals surface area contributed by atoms with Crippen molar-refractivity contribution < 1.29 is 9.53 Å². The number of hydrogen-bond donors (Lipinski definition) is 1. The van der Waals surface area contributed by atoms with Crippen molar-refractivity contribution in [3.63, 3.8) is 0 Å². The Bertz CT molecular complexity index is 1270. The van der Waals surface area contributed by atoms with Crippen molar-refractivity contribution >= 4 is 5.78 Å². The molecule has 4 nitrogen and oxygen atoms in total. The number of nitriles is 1. The van der Waals surface area contributed by atoms with E-state index in [4.69, 9.17) is 10.5 Å². The molecule has 0 saturated heterocycles. The summed E-state index contributed by atoms with van der Waals surface area (Å²) in [5, 5.41) is 9.83. The van der Waals surface area contributed by atoms with E-state index in [-0.39, 0.29) is 17.6 Å². The number of hydrogen-bond acceptors (Lipinski definition) is 4. The Kier molecular flexibility index (Phi) is 5.09. The molecule has 0 fully saturated rings. The van der Waals surface area contributed by atoms with E-state index < -0.39 is 5.92 Å². The van der Waals surface area contributed by atoms with Crippen molar-refractivity contribution in [2.75, 3.05) is 0 Å². The molecule has 32 heavy (non-hydrogen) atoms. The van der Waals surface area contributed by atoms with Crippen LogP contribution in [0.15, 0.2) is 108 Å². The SMILES string of the molecule is N#CC1=C(N)OC2=C(C(=O)C[C@@H](c3ccccc3)C2)[C@H]1c1ccc(-c2ccccc2)cc1. The number of nitrogens with two attached hydrogens (primary N) is 1. The van der Waals surface area contributed by atoms with E-state index in [1.165, 1.54) is 0 Å². The quantitative estimate of drug-likeness (QED) is 0.604. The summed E-state index contributed by atoms with van der Waals surface area (Å²) < 4.78 is 5.85. The van der Waals surface area contributed by atoms with Gasteiger partial charge in [0.15, 0.2) is 5.78 Å². The second kappa shape index (κ2) is 8.20. The highest BCUT2D eigenvalue weighted by atomic mass is 16.5. The van der Waals surface area contributed by atoms with Crippen LogP contribution in [0.2, 0.25) is 0 Å². The molecule has 0 bridgehead atoms. The molecular formula is C28H22N2O2. The molecule has 4 heteroatoms. The fourth-order valence-corrected chi connectivity index (χ4v) is 4.70. The Hall–Kier alpha value is -4.10. The minimum atomic E-state index is -0.502. The molecule has 2 atom stereocenters. The van der Waals surface area contributed by atoms with Crippen LogP contribution >= 0.6 is 0 Å². The van der Waals surface area contributed by atoms with Crippen LogP contribution < -0.4 is 5.73 Å². The van der Waals surface area contributed by atoms with E-state index in [1.54, 1.807) is 0 Å². The predicted molar refractivity (Wildman–Crippen MR) is 123 cm³/mol. The molecule has 0 spiro atoms. The molecule has 2 aliphatic rings. The van der Waals surface area contributed by atoms with Gasteiger partial charge in [-0.3, -0.25) is 4.79 Å². The van der Waals surface area contributed by atoms with Crippen LogP contribution in [0.1, 0.15) is 35.8 Å². The molecule has 0 aromatic heterocycles. The molecule has 3 aromatic carbocycles. The number of rotatable bonds is 3. The Morgan fingerprint density at radius 3 is 2.09 bits per heavy atom. The molecule has 3 aromatic rings. The topological polar surface area (TPSA) is 76.1 Å². The third kappa shape index (κ3) is 3.48. The molecule has 1 heterocycles. The van der Waals surface area contributed by atoms with Gasteiger partial charge in [0.25, 0.3) is 0 Å². The average Bonchev–Trinajstić information content (AvgIpc) is 2.84. The van der Waals surface area contributed by atoms with Crippen LogP contribution in [0.3, 0.4) is 0 Å². The summed E-state index contributed by atoms with van der Waals surface area (Å²) in [6, 6.07) is 30.3. The van der Waals surface area contributed by atoms with Gasteiger partial charge in [-0.25, -0.2) is 0 Å². The van der Waals surface area contributed by atoms with Crippen LogP contribution in [-0.2, 0) is 9.53 Å². The first-order valence-corrected chi connectivity index (χ1v) is 10.7. The van der Waals surface area contributed by atoms with Crippen LogP contribution in [0.4, 0.5) is 0 Å². The maximum atomic E-state index is 13.3. The Labute approximate surface area is 187 Å². The number of Topliss-reactive ketones (excluding diaryl/α,β-unsaturated/α-hetero) is 1. The van der Waals surface area contributed by atoms with E-state index >= 15 is 0 Å². The molecular weight excluding hydrogens is 396 g/mol. The lowest BCUT2D eigenvalue weighted by Crippen LogP contribution is -2.29. The van der Waals surface area contributed by atoms with Crippen molar-refractivity contribution in [3.05, 3.63) is 119 Å². The predicted octanol–water partition coefficient (Wildman–Crippen LogP) is 5.56. The maximum absolute atomic E-state index is 13.3. The number of carbonyl (C=O) groups is 1. The van der Waals surface area contributed by atoms with Gasteiger partial charge < -0.3 is 10.5 Å². The lowest BCUT2D eigenvalue weighted by atomic mass is 9.73. The Morgan fingerprint density at radius 1 is 0.812 bits per heavy atom. The van der Waals surface area contributed by atoms with Gasteiger partial charge in [-0.15, -0.1) is 0 Å². The highest BCUT2D eigenvalue weighted by Gasteiger charge is 2.40. The summed E-state index contributed by atoms with van der Waals surface area (Å²) in [5.74, 6) is 0.226. The van der Waals surface area contributed by atoms with Gasteiger partial charge in [-0.1, -0.05) is 84.9 Å². The molecule has 0 saturated carbocycles. The molecule has 156 valence electrons. The number of carbonyl (C=O) groups excluding carboxylic acids is 1. The standard InChI is InChI=1S/C28H22N2O2/c29-17-23-26(21-13-11-20(12-14-21)18-7-3-1-4-8-18)27-24(31)15-22(16-25(27)32-28(23)30)19-9-5-2-6-10-19/h1-14,22,26H,15-16,30H2/t22-,26+/m1/s1. The third-order valence-electron chi connectivity index (χ3n) is 6.28. The first-order valence-electron chi connectivity index (χ1n) is 10.7. The molecule has 1 aliphatic carbocycles. The van der Waals surface area contributed by atoms with Crippen molar-refractivity contribution in [1.29, 1.82) is 5.26 Å². The number of ether oxygens (including phenoxy) is 1. The minimum absolute atomic E-state index is 0.0116. The molecule has 2 N–H and O–H groups in total. The fourth-order valence-electron chi connectivity index (χ4n) is 4.70. The monoisotopic (exact) mass is 418 g/mol. The van der Waals surface area contributed by atoms with Crippen molar-refractivity contribution in [2.24, 2.45) is 5.73 Å². The second-order valence-electron chi connectivity index (χ2n) is 8.19. The van der Waals surface area contributed by atoms with Gasteiger partial charge in [0, 0.05) is 18.4 Å². The van der Waals surface area contributed by atoms with Gasteiger partial charge in [-0.05, 0) is 28.2 Å². The lowest BCUT2D eigenvalue weighted by Gasteiger charge is -2.34. The Morgan fingerprint density at radius 2 is 1.44 bits per heavy atom. The summed E-state index contributed by atoms with van der Waals surface area (Å²) in [4.78, 5) is 13.3.